The Labute approximate surface area is 175 Å². The Kier molecular flexibility index (Phi) is 5.75. The van der Waals surface area contributed by atoms with Gasteiger partial charge in [-0.15, -0.1) is 0 Å². The molecule has 30 heavy (non-hydrogen) atoms. The Morgan fingerprint density at radius 3 is 2.33 bits per heavy atom. The largest absolute Gasteiger partial charge is 0.457 e. The fourth-order valence-electron chi connectivity index (χ4n) is 3.38. The van der Waals surface area contributed by atoms with Crippen LogP contribution < -0.4 is 10.1 Å². The van der Waals surface area contributed by atoms with Crippen molar-refractivity contribution in [2.45, 2.75) is 19.8 Å². The number of amides is 2. The van der Waals surface area contributed by atoms with E-state index in [9.17, 15) is 9.59 Å². The molecular weight excluding hydrogens is 378 g/mol. The van der Waals surface area contributed by atoms with E-state index < -0.39 is 0 Å². The van der Waals surface area contributed by atoms with Gasteiger partial charge in [-0.05, 0) is 73.9 Å². The van der Waals surface area contributed by atoms with E-state index in [0.29, 0.717) is 17.1 Å². The lowest BCUT2D eigenvalue weighted by molar-refractivity contribution is 0.0787. The number of anilines is 1. The topological polar surface area (TPSA) is 71.5 Å². The maximum absolute atomic E-state index is 12.6. The number of pyridine rings is 1. The monoisotopic (exact) mass is 401 g/mol. The molecular formula is C24H23N3O3. The number of nitrogens with one attached hydrogen (secondary N) is 1. The highest BCUT2D eigenvalue weighted by Crippen LogP contribution is 2.24. The Bertz CT molecular complexity index is 1060. The van der Waals surface area contributed by atoms with E-state index in [4.69, 9.17) is 4.74 Å². The summed E-state index contributed by atoms with van der Waals surface area (Å²) in [6.07, 6.45) is 2.02. The van der Waals surface area contributed by atoms with Crippen LogP contribution in [0.25, 0.3) is 0 Å². The quantitative estimate of drug-likeness (QED) is 0.674. The molecule has 1 aromatic heterocycles. The summed E-state index contributed by atoms with van der Waals surface area (Å²) in [6, 6.07) is 19.8. The number of hydrogen-bond acceptors (Lipinski definition) is 4. The normalized spacial score (nSPS) is 13.2. The molecule has 6 nitrogen and oxygen atoms in total. The van der Waals surface area contributed by atoms with Gasteiger partial charge in [-0.1, -0.05) is 18.2 Å². The van der Waals surface area contributed by atoms with Crippen molar-refractivity contribution in [3.8, 4) is 11.5 Å². The molecule has 2 heterocycles. The van der Waals surface area contributed by atoms with Crippen LogP contribution in [0.1, 0.15) is 39.4 Å². The van der Waals surface area contributed by atoms with Gasteiger partial charge < -0.3 is 15.0 Å². The van der Waals surface area contributed by atoms with E-state index >= 15 is 0 Å². The van der Waals surface area contributed by atoms with Gasteiger partial charge in [0, 0.05) is 18.8 Å². The van der Waals surface area contributed by atoms with Crippen LogP contribution in [-0.4, -0.2) is 34.8 Å². The first kappa shape index (κ1) is 19.6. The number of aryl methyl sites for hydroxylation is 1. The second kappa shape index (κ2) is 8.78. The summed E-state index contributed by atoms with van der Waals surface area (Å²) in [6.45, 7) is 3.50. The first-order valence-corrected chi connectivity index (χ1v) is 10.0. The molecule has 2 aromatic carbocycles. The number of nitrogens with zero attached hydrogens (tertiary/aromatic N) is 2. The van der Waals surface area contributed by atoms with Gasteiger partial charge in [0.2, 0.25) is 0 Å². The summed E-state index contributed by atoms with van der Waals surface area (Å²) in [5, 5.41) is 2.81. The second-order valence-corrected chi connectivity index (χ2v) is 7.30. The molecule has 152 valence electrons. The molecule has 1 aliphatic heterocycles. The van der Waals surface area contributed by atoms with Crippen molar-refractivity contribution in [1.29, 1.82) is 0 Å². The molecule has 0 spiro atoms. The molecule has 1 saturated heterocycles. The summed E-state index contributed by atoms with van der Waals surface area (Å²) in [5.74, 6) is 0.948. The average molecular weight is 401 g/mol. The van der Waals surface area contributed by atoms with E-state index in [2.05, 4.69) is 10.3 Å². The predicted molar refractivity (Wildman–Crippen MR) is 115 cm³/mol. The van der Waals surface area contributed by atoms with Crippen LogP contribution in [0.15, 0.2) is 66.7 Å². The fraction of sp³-hybridized carbons (Fsp3) is 0.208. The standard InChI is InChI=1S/C24H23N3O3/c1-17-6-4-7-20(16-17)30-19-12-10-18(11-13-19)25-23(28)21-8-5-9-22(26-21)24(29)27-14-2-3-15-27/h4-13,16H,2-3,14-15H2,1H3,(H,25,28). The molecule has 6 heteroatoms. The number of ether oxygens (including phenoxy) is 1. The molecule has 2 amide bonds. The van der Waals surface area contributed by atoms with Crippen molar-refractivity contribution in [2.75, 3.05) is 18.4 Å². The van der Waals surface area contributed by atoms with Gasteiger partial charge in [-0.25, -0.2) is 4.98 Å². The van der Waals surface area contributed by atoms with Crippen LogP contribution in [0.2, 0.25) is 0 Å². The Morgan fingerprint density at radius 2 is 1.60 bits per heavy atom. The van der Waals surface area contributed by atoms with Crippen molar-refractivity contribution in [3.63, 3.8) is 0 Å². The summed E-state index contributed by atoms with van der Waals surface area (Å²) in [7, 11) is 0. The first-order valence-electron chi connectivity index (χ1n) is 10.0. The average Bonchev–Trinajstić information content (AvgIpc) is 3.30. The zero-order valence-electron chi connectivity index (χ0n) is 16.8. The molecule has 0 saturated carbocycles. The third-order valence-corrected chi connectivity index (χ3v) is 4.93. The van der Waals surface area contributed by atoms with Gasteiger partial charge in [0.05, 0.1) is 0 Å². The van der Waals surface area contributed by atoms with Crippen LogP contribution in [0.3, 0.4) is 0 Å². The van der Waals surface area contributed by atoms with Crippen molar-refractivity contribution in [2.24, 2.45) is 0 Å². The second-order valence-electron chi connectivity index (χ2n) is 7.30. The van der Waals surface area contributed by atoms with Crippen molar-refractivity contribution >= 4 is 17.5 Å². The minimum Gasteiger partial charge on any atom is -0.457 e. The van der Waals surface area contributed by atoms with Gasteiger partial charge in [-0.2, -0.15) is 0 Å². The Hall–Kier alpha value is -3.67. The first-order chi connectivity index (χ1) is 14.6. The summed E-state index contributed by atoms with van der Waals surface area (Å²) in [5.41, 5.74) is 2.25. The minimum atomic E-state index is -0.363. The highest BCUT2D eigenvalue weighted by Gasteiger charge is 2.21. The molecule has 4 rings (SSSR count). The van der Waals surface area contributed by atoms with Crippen LogP contribution >= 0.6 is 0 Å². The lowest BCUT2D eigenvalue weighted by Gasteiger charge is -2.14. The van der Waals surface area contributed by atoms with Gasteiger partial charge in [0.15, 0.2) is 0 Å². The highest BCUT2D eigenvalue weighted by molar-refractivity contribution is 6.03. The molecule has 1 aliphatic rings. The molecule has 0 radical (unpaired) electrons. The third kappa shape index (κ3) is 4.66. The summed E-state index contributed by atoms with van der Waals surface area (Å²) in [4.78, 5) is 31.1. The highest BCUT2D eigenvalue weighted by atomic mass is 16.5. The zero-order chi connectivity index (χ0) is 20.9. The third-order valence-electron chi connectivity index (χ3n) is 4.93. The predicted octanol–water partition coefficient (Wildman–Crippen LogP) is 4.67. The van der Waals surface area contributed by atoms with Crippen LogP contribution in [0, 0.1) is 6.92 Å². The van der Waals surface area contributed by atoms with Gasteiger partial charge in [-0.3, -0.25) is 9.59 Å². The summed E-state index contributed by atoms with van der Waals surface area (Å²) < 4.78 is 5.83. The number of benzene rings is 2. The Morgan fingerprint density at radius 1 is 0.900 bits per heavy atom. The molecule has 0 atom stereocenters. The maximum Gasteiger partial charge on any atom is 0.274 e. The lowest BCUT2D eigenvalue weighted by atomic mass is 10.2. The summed E-state index contributed by atoms with van der Waals surface area (Å²) >= 11 is 0. The fourth-order valence-corrected chi connectivity index (χ4v) is 3.38. The lowest BCUT2D eigenvalue weighted by Crippen LogP contribution is -2.29. The molecule has 0 bridgehead atoms. The minimum absolute atomic E-state index is 0.125. The molecule has 3 aromatic rings. The van der Waals surface area contributed by atoms with Crippen LogP contribution in [0.4, 0.5) is 5.69 Å². The smallest absolute Gasteiger partial charge is 0.274 e. The van der Waals surface area contributed by atoms with Crippen LogP contribution in [0.5, 0.6) is 11.5 Å². The van der Waals surface area contributed by atoms with Crippen LogP contribution in [-0.2, 0) is 0 Å². The number of likely N-dealkylation sites (tertiary alicyclic amines) is 1. The zero-order valence-corrected chi connectivity index (χ0v) is 16.8. The molecule has 1 fully saturated rings. The van der Waals surface area contributed by atoms with E-state index in [1.54, 1.807) is 47.4 Å². The van der Waals surface area contributed by atoms with E-state index in [-0.39, 0.29) is 17.5 Å². The van der Waals surface area contributed by atoms with Crippen molar-refractivity contribution in [1.82, 2.24) is 9.88 Å². The van der Waals surface area contributed by atoms with E-state index in [0.717, 1.165) is 37.2 Å². The number of carbonyl (C=O) groups is 2. The number of rotatable bonds is 5. The maximum atomic E-state index is 12.6. The molecule has 1 N–H and O–H groups in total. The van der Waals surface area contributed by atoms with E-state index in [1.165, 1.54) is 0 Å². The van der Waals surface area contributed by atoms with Crippen molar-refractivity contribution < 1.29 is 14.3 Å². The molecule has 0 aliphatic carbocycles. The number of aromatic nitrogens is 1. The Balaban J connectivity index is 1.41. The molecule has 0 unspecified atom stereocenters. The SMILES string of the molecule is Cc1cccc(Oc2ccc(NC(=O)c3cccc(C(=O)N4CCCC4)n3)cc2)c1. The van der Waals surface area contributed by atoms with Gasteiger partial charge in [0.1, 0.15) is 22.9 Å². The van der Waals surface area contributed by atoms with Gasteiger partial charge in [0.25, 0.3) is 11.8 Å². The number of hydrogen-bond donors (Lipinski definition) is 1. The van der Waals surface area contributed by atoms with Gasteiger partial charge >= 0.3 is 0 Å². The van der Waals surface area contributed by atoms with Crippen molar-refractivity contribution in [3.05, 3.63) is 83.7 Å². The number of carbonyl (C=O) groups excluding carboxylic acids is 2. The van der Waals surface area contributed by atoms with E-state index in [1.807, 2.05) is 31.2 Å².